The van der Waals surface area contributed by atoms with E-state index in [1.807, 2.05) is 0 Å². The molecule has 1 rings (SSSR count). The normalized spacial score (nSPS) is 18.4. The molecule has 0 saturated heterocycles. The van der Waals surface area contributed by atoms with E-state index in [9.17, 15) is 0 Å². The molecule has 0 aromatic rings. The number of hydrogen-bond acceptors (Lipinski definition) is 1. The third-order valence-corrected chi connectivity index (χ3v) is 1.62. The van der Waals surface area contributed by atoms with Crippen LogP contribution in [0.1, 0.15) is 12.8 Å². The van der Waals surface area contributed by atoms with Crippen LogP contribution >= 0.6 is 12.6 Å². The van der Waals surface area contributed by atoms with Gasteiger partial charge in [-0.05, 0) is 18.4 Å². The molecule has 0 N–H and O–H groups in total. The highest BCUT2D eigenvalue weighted by Gasteiger charge is 1.91. The minimum Gasteiger partial charge on any atom is -0.175 e. The predicted octanol–water partition coefficient (Wildman–Crippen LogP) is 2.19. The maximum Gasteiger partial charge on any atom is 0.0150 e. The lowest BCUT2D eigenvalue weighted by atomic mass is 10.1. The molecule has 0 unspecified atom stereocenters. The van der Waals surface area contributed by atoms with Crippen LogP contribution in [0.3, 0.4) is 0 Å². The standard InChI is InChI=1S/C7H10S/c8-6-7-4-2-1-3-5-7/h2,4-5,8H,1,3,6H2. The van der Waals surface area contributed by atoms with Gasteiger partial charge in [0.25, 0.3) is 0 Å². The van der Waals surface area contributed by atoms with Crippen LogP contribution in [0.5, 0.6) is 0 Å². The average Bonchev–Trinajstić information content (AvgIpc) is 1.90. The third-order valence-electron chi connectivity index (χ3n) is 1.25. The lowest BCUT2D eigenvalue weighted by Crippen LogP contribution is -1.84. The summed E-state index contributed by atoms with van der Waals surface area (Å²) in [6.07, 6.45) is 9.00. The Morgan fingerprint density at radius 2 is 2.38 bits per heavy atom. The zero-order chi connectivity index (χ0) is 5.82. The summed E-state index contributed by atoms with van der Waals surface area (Å²) in [4.78, 5) is 0. The van der Waals surface area contributed by atoms with Crippen molar-refractivity contribution in [3.63, 3.8) is 0 Å². The van der Waals surface area contributed by atoms with Crippen LogP contribution < -0.4 is 0 Å². The first-order valence-corrected chi connectivity index (χ1v) is 3.53. The van der Waals surface area contributed by atoms with Crippen LogP contribution in [0.2, 0.25) is 0 Å². The lowest BCUT2D eigenvalue weighted by molar-refractivity contribution is 1.02. The van der Waals surface area contributed by atoms with Gasteiger partial charge in [0, 0.05) is 5.75 Å². The van der Waals surface area contributed by atoms with Gasteiger partial charge in [0.15, 0.2) is 0 Å². The molecule has 0 spiro atoms. The van der Waals surface area contributed by atoms with E-state index < -0.39 is 0 Å². The van der Waals surface area contributed by atoms with E-state index in [1.165, 1.54) is 18.4 Å². The number of rotatable bonds is 1. The number of hydrogen-bond donors (Lipinski definition) is 1. The first-order chi connectivity index (χ1) is 3.93. The molecule has 0 aromatic carbocycles. The molecule has 1 heteroatoms. The zero-order valence-electron chi connectivity index (χ0n) is 4.80. The summed E-state index contributed by atoms with van der Waals surface area (Å²) in [6, 6.07) is 0. The predicted molar refractivity (Wildman–Crippen MR) is 40.3 cm³/mol. The number of allylic oxidation sites excluding steroid dienone is 3. The fourth-order valence-corrected chi connectivity index (χ4v) is 1.02. The second-order valence-electron chi connectivity index (χ2n) is 1.92. The molecule has 0 fully saturated rings. The van der Waals surface area contributed by atoms with Crippen LogP contribution in [0.25, 0.3) is 0 Å². The van der Waals surface area contributed by atoms with Crippen molar-refractivity contribution in [2.75, 3.05) is 5.75 Å². The van der Waals surface area contributed by atoms with Crippen molar-refractivity contribution in [1.29, 1.82) is 0 Å². The first kappa shape index (κ1) is 5.96. The summed E-state index contributed by atoms with van der Waals surface area (Å²) >= 11 is 4.14. The van der Waals surface area contributed by atoms with E-state index in [0.29, 0.717) is 0 Å². The van der Waals surface area contributed by atoms with Crippen LogP contribution in [0, 0.1) is 0 Å². The molecule has 44 valence electrons. The molecule has 0 amide bonds. The van der Waals surface area contributed by atoms with E-state index in [0.717, 1.165) is 5.75 Å². The Kier molecular flexibility index (Phi) is 2.22. The highest BCUT2D eigenvalue weighted by atomic mass is 32.1. The van der Waals surface area contributed by atoms with E-state index in [4.69, 9.17) is 0 Å². The Balaban J connectivity index is 2.51. The van der Waals surface area contributed by atoms with Gasteiger partial charge in [0.2, 0.25) is 0 Å². The molecular weight excluding hydrogens is 116 g/mol. The van der Waals surface area contributed by atoms with Crippen molar-refractivity contribution >= 4 is 12.6 Å². The molecule has 8 heavy (non-hydrogen) atoms. The number of thiol groups is 1. The van der Waals surface area contributed by atoms with Gasteiger partial charge < -0.3 is 0 Å². The molecule has 0 aliphatic heterocycles. The second kappa shape index (κ2) is 2.98. The topological polar surface area (TPSA) is 0 Å². The molecule has 1 aliphatic rings. The van der Waals surface area contributed by atoms with Crippen LogP contribution in [0.15, 0.2) is 23.8 Å². The molecule has 0 aromatic heterocycles. The highest BCUT2D eigenvalue weighted by Crippen LogP contribution is 2.09. The molecule has 0 atom stereocenters. The van der Waals surface area contributed by atoms with Gasteiger partial charge >= 0.3 is 0 Å². The Morgan fingerprint density at radius 3 is 2.75 bits per heavy atom. The minimum absolute atomic E-state index is 0.885. The van der Waals surface area contributed by atoms with Gasteiger partial charge in [-0.15, -0.1) is 0 Å². The SMILES string of the molecule is SCC1=CCCC=C1. The Morgan fingerprint density at radius 1 is 1.50 bits per heavy atom. The Bertz CT molecular complexity index is 122. The molecule has 0 heterocycles. The summed E-state index contributed by atoms with van der Waals surface area (Å²) in [5.41, 5.74) is 1.36. The van der Waals surface area contributed by atoms with Crippen molar-refractivity contribution in [3.8, 4) is 0 Å². The van der Waals surface area contributed by atoms with E-state index in [1.54, 1.807) is 0 Å². The van der Waals surface area contributed by atoms with Gasteiger partial charge in [-0.3, -0.25) is 0 Å². The summed E-state index contributed by atoms with van der Waals surface area (Å²) in [7, 11) is 0. The third kappa shape index (κ3) is 1.41. The van der Waals surface area contributed by atoms with Gasteiger partial charge in [0.1, 0.15) is 0 Å². The summed E-state index contributed by atoms with van der Waals surface area (Å²) in [5, 5.41) is 0. The van der Waals surface area contributed by atoms with Crippen LogP contribution in [-0.4, -0.2) is 5.75 Å². The lowest BCUT2D eigenvalue weighted by Gasteiger charge is -2.00. The summed E-state index contributed by atoms with van der Waals surface area (Å²) < 4.78 is 0. The van der Waals surface area contributed by atoms with E-state index >= 15 is 0 Å². The average molecular weight is 126 g/mol. The summed E-state index contributed by atoms with van der Waals surface area (Å²) in [6.45, 7) is 0. The maximum atomic E-state index is 4.14. The molecular formula is C7H10S. The quantitative estimate of drug-likeness (QED) is 0.511. The van der Waals surface area contributed by atoms with Gasteiger partial charge in [-0.1, -0.05) is 18.2 Å². The smallest absolute Gasteiger partial charge is 0.0150 e. The van der Waals surface area contributed by atoms with E-state index in [-0.39, 0.29) is 0 Å². The molecule has 0 bridgehead atoms. The zero-order valence-corrected chi connectivity index (χ0v) is 5.70. The summed E-state index contributed by atoms with van der Waals surface area (Å²) in [5.74, 6) is 0.885. The highest BCUT2D eigenvalue weighted by molar-refractivity contribution is 7.80. The first-order valence-electron chi connectivity index (χ1n) is 2.90. The van der Waals surface area contributed by atoms with Gasteiger partial charge in [-0.2, -0.15) is 12.6 Å². The Labute approximate surface area is 55.7 Å². The fourth-order valence-electron chi connectivity index (χ4n) is 0.785. The van der Waals surface area contributed by atoms with Gasteiger partial charge in [-0.25, -0.2) is 0 Å². The van der Waals surface area contributed by atoms with Crippen molar-refractivity contribution in [1.82, 2.24) is 0 Å². The van der Waals surface area contributed by atoms with Crippen molar-refractivity contribution < 1.29 is 0 Å². The van der Waals surface area contributed by atoms with Crippen LogP contribution in [0.4, 0.5) is 0 Å². The minimum atomic E-state index is 0.885. The maximum absolute atomic E-state index is 4.14. The second-order valence-corrected chi connectivity index (χ2v) is 2.23. The molecule has 0 radical (unpaired) electrons. The molecule has 1 aliphatic carbocycles. The largest absolute Gasteiger partial charge is 0.175 e. The monoisotopic (exact) mass is 126 g/mol. The van der Waals surface area contributed by atoms with Crippen molar-refractivity contribution in [2.24, 2.45) is 0 Å². The van der Waals surface area contributed by atoms with Crippen molar-refractivity contribution in [2.45, 2.75) is 12.8 Å². The Hall–Kier alpha value is -0.170. The van der Waals surface area contributed by atoms with Crippen LogP contribution in [-0.2, 0) is 0 Å². The molecule has 0 nitrogen and oxygen atoms in total. The molecule has 0 saturated carbocycles. The fraction of sp³-hybridized carbons (Fsp3) is 0.429. The van der Waals surface area contributed by atoms with E-state index in [2.05, 4.69) is 30.9 Å². The van der Waals surface area contributed by atoms with Gasteiger partial charge in [0.05, 0.1) is 0 Å². The van der Waals surface area contributed by atoms with Crippen molar-refractivity contribution in [3.05, 3.63) is 23.8 Å².